The lowest BCUT2D eigenvalue weighted by Gasteiger charge is -2.14. The number of nitrogens with one attached hydrogen (secondary N) is 1. The van der Waals surface area contributed by atoms with Crippen molar-refractivity contribution in [2.45, 2.75) is 19.8 Å². The second kappa shape index (κ2) is 5.25. The fourth-order valence-corrected chi connectivity index (χ4v) is 2.37. The Bertz CT molecular complexity index is 677. The molecule has 1 N–H and O–H groups in total. The number of aryl methyl sites for hydroxylation is 1. The van der Waals surface area contributed by atoms with Gasteiger partial charge in [0.05, 0.1) is 5.71 Å². The summed E-state index contributed by atoms with van der Waals surface area (Å²) in [6.07, 6.45) is 4.83. The quantitative estimate of drug-likeness (QED) is 0.907. The molecule has 0 fully saturated rings. The molecular weight excluding hydrogens is 250 g/mol. The maximum absolute atomic E-state index is 11.1. The van der Waals surface area contributed by atoms with E-state index in [0.717, 1.165) is 16.8 Å². The number of carbonyl (C=O) groups is 1. The van der Waals surface area contributed by atoms with E-state index in [9.17, 15) is 4.79 Å². The van der Waals surface area contributed by atoms with Gasteiger partial charge >= 0.3 is 0 Å². The lowest BCUT2D eigenvalue weighted by molar-refractivity contribution is -0.121. The molecule has 0 bridgehead atoms. The highest BCUT2D eigenvalue weighted by molar-refractivity contribution is 6.04. The fourth-order valence-electron chi connectivity index (χ4n) is 2.37. The van der Waals surface area contributed by atoms with Crippen LogP contribution < -0.4 is 5.43 Å². The molecule has 0 spiro atoms. The SMILES string of the molecule is Cc1cc(C2=NNC(=O)CC2)ccc1-c1cccnc1. The van der Waals surface area contributed by atoms with Gasteiger partial charge in [0.1, 0.15) is 0 Å². The number of nitrogens with zero attached hydrogens (tertiary/aromatic N) is 2. The molecule has 2 heterocycles. The van der Waals surface area contributed by atoms with E-state index in [1.807, 2.05) is 24.4 Å². The Labute approximate surface area is 117 Å². The third kappa shape index (κ3) is 2.45. The lowest BCUT2D eigenvalue weighted by Crippen LogP contribution is -2.25. The van der Waals surface area contributed by atoms with Crippen LogP contribution in [0.3, 0.4) is 0 Å². The van der Waals surface area contributed by atoms with Gasteiger partial charge in [0, 0.05) is 30.8 Å². The second-order valence-electron chi connectivity index (χ2n) is 4.86. The molecule has 0 saturated heterocycles. The van der Waals surface area contributed by atoms with E-state index in [0.29, 0.717) is 12.8 Å². The van der Waals surface area contributed by atoms with E-state index >= 15 is 0 Å². The minimum atomic E-state index is -0.0162. The summed E-state index contributed by atoms with van der Waals surface area (Å²) in [5, 5.41) is 4.13. The van der Waals surface area contributed by atoms with Crippen molar-refractivity contribution in [3.8, 4) is 11.1 Å². The second-order valence-corrected chi connectivity index (χ2v) is 4.86. The zero-order chi connectivity index (χ0) is 13.9. The predicted octanol–water partition coefficient (Wildman–Crippen LogP) is 2.67. The predicted molar refractivity (Wildman–Crippen MR) is 78.3 cm³/mol. The maximum Gasteiger partial charge on any atom is 0.240 e. The van der Waals surface area contributed by atoms with Gasteiger partial charge in [-0.05, 0) is 35.7 Å². The summed E-state index contributed by atoms with van der Waals surface area (Å²) < 4.78 is 0. The first-order chi connectivity index (χ1) is 9.74. The van der Waals surface area contributed by atoms with Crippen molar-refractivity contribution in [2.75, 3.05) is 0 Å². The third-order valence-electron chi connectivity index (χ3n) is 3.44. The highest BCUT2D eigenvalue weighted by atomic mass is 16.2. The molecule has 4 heteroatoms. The van der Waals surface area contributed by atoms with Gasteiger partial charge in [-0.3, -0.25) is 9.78 Å². The minimum Gasteiger partial charge on any atom is -0.273 e. The van der Waals surface area contributed by atoms with Gasteiger partial charge in [-0.1, -0.05) is 18.2 Å². The molecule has 1 aromatic heterocycles. The van der Waals surface area contributed by atoms with E-state index in [-0.39, 0.29) is 5.91 Å². The molecule has 4 nitrogen and oxygen atoms in total. The zero-order valence-electron chi connectivity index (χ0n) is 11.3. The highest BCUT2D eigenvalue weighted by Crippen LogP contribution is 2.24. The highest BCUT2D eigenvalue weighted by Gasteiger charge is 2.14. The molecule has 0 aliphatic carbocycles. The summed E-state index contributed by atoms with van der Waals surface area (Å²) in [6.45, 7) is 2.08. The van der Waals surface area contributed by atoms with Crippen molar-refractivity contribution in [1.82, 2.24) is 10.4 Å². The Hall–Kier alpha value is -2.49. The first kappa shape index (κ1) is 12.5. The Morgan fingerprint density at radius 2 is 2.05 bits per heavy atom. The van der Waals surface area contributed by atoms with Crippen molar-refractivity contribution in [3.05, 3.63) is 53.9 Å². The average Bonchev–Trinajstić information content (AvgIpc) is 2.49. The Kier molecular flexibility index (Phi) is 3.29. The fraction of sp³-hybridized carbons (Fsp3) is 0.188. The molecule has 0 unspecified atom stereocenters. The van der Waals surface area contributed by atoms with Crippen LogP contribution in [0.1, 0.15) is 24.0 Å². The van der Waals surface area contributed by atoms with Gasteiger partial charge in [-0.25, -0.2) is 5.43 Å². The van der Waals surface area contributed by atoms with Gasteiger partial charge in [-0.15, -0.1) is 0 Å². The van der Waals surface area contributed by atoms with Crippen LogP contribution in [0.25, 0.3) is 11.1 Å². The molecule has 1 aromatic carbocycles. The van der Waals surface area contributed by atoms with E-state index < -0.39 is 0 Å². The standard InChI is InChI=1S/C16H15N3O/c1-11-9-12(15-6-7-16(20)19-18-15)4-5-14(11)13-3-2-8-17-10-13/h2-5,8-10H,6-7H2,1H3,(H,19,20). The topological polar surface area (TPSA) is 54.4 Å². The monoisotopic (exact) mass is 265 g/mol. The lowest BCUT2D eigenvalue weighted by atomic mass is 9.96. The molecule has 3 rings (SSSR count). The zero-order valence-corrected chi connectivity index (χ0v) is 11.3. The summed E-state index contributed by atoms with van der Waals surface area (Å²) in [7, 11) is 0. The molecule has 20 heavy (non-hydrogen) atoms. The molecule has 0 saturated carbocycles. The number of pyridine rings is 1. The summed E-state index contributed by atoms with van der Waals surface area (Å²) in [4.78, 5) is 15.3. The Morgan fingerprint density at radius 1 is 1.15 bits per heavy atom. The summed E-state index contributed by atoms with van der Waals surface area (Å²) in [5.41, 5.74) is 7.99. The van der Waals surface area contributed by atoms with Gasteiger partial charge in [0.15, 0.2) is 0 Å². The molecular formula is C16H15N3O. The smallest absolute Gasteiger partial charge is 0.240 e. The number of rotatable bonds is 2. The number of benzene rings is 1. The van der Waals surface area contributed by atoms with Crippen LogP contribution in [0.4, 0.5) is 0 Å². The minimum absolute atomic E-state index is 0.0162. The van der Waals surface area contributed by atoms with Crippen LogP contribution >= 0.6 is 0 Å². The first-order valence-electron chi connectivity index (χ1n) is 6.61. The molecule has 0 atom stereocenters. The number of carbonyl (C=O) groups excluding carboxylic acids is 1. The van der Waals surface area contributed by atoms with Gasteiger partial charge < -0.3 is 0 Å². The van der Waals surface area contributed by atoms with Gasteiger partial charge in [0.2, 0.25) is 5.91 Å². The number of amides is 1. The number of hydrogen-bond donors (Lipinski definition) is 1. The van der Waals surface area contributed by atoms with Crippen molar-refractivity contribution in [1.29, 1.82) is 0 Å². The van der Waals surface area contributed by atoms with Crippen LogP contribution in [-0.4, -0.2) is 16.6 Å². The summed E-state index contributed by atoms with van der Waals surface area (Å²) >= 11 is 0. The maximum atomic E-state index is 11.1. The van der Waals surface area contributed by atoms with E-state index in [1.165, 1.54) is 11.1 Å². The van der Waals surface area contributed by atoms with E-state index in [4.69, 9.17) is 0 Å². The van der Waals surface area contributed by atoms with Crippen molar-refractivity contribution in [2.24, 2.45) is 5.10 Å². The van der Waals surface area contributed by atoms with Crippen LogP contribution in [0.2, 0.25) is 0 Å². The number of hydrogen-bond acceptors (Lipinski definition) is 3. The van der Waals surface area contributed by atoms with Crippen LogP contribution in [-0.2, 0) is 4.79 Å². The largest absolute Gasteiger partial charge is 0.273 e. The van der Waals surface area contributed by atoms with Crippen LogP contribution in [0.15, 0.2) is 47.8 Å². The molecule has 0 radical (unpaired) electrons. The van der Waals surface area contributed by atoms with Gasteiger partial charge in [-0.2, -0.15) is 5.10 Å². The van der Waals surface area contributed by atoms with Crippen molar-refractivity contribution in [3.63, 3.8) is 0 Å². The van der Waals surface area contributed by atoms with Crippen molar-refractivity contribution >= 4 is 11.6 Å². The number of aromatic nitrogens is 1. The number of hydrazone groups is 1. The van der Waals surface area contributed by atoms with E-state index in [1.54, 1.807) is 6.20 Å². The molecule has 1 aliphatic heterocycles. The molecule has 1 amide bonds. The summed E-state index contributed by atoms with van der Waals surface area (Å²) in [6, 6.07) is 10.2. The molecule has 2 aromatic rings. The summed E-state index contributed by atoms with van der Waals surface area (Å²) in [5.74, 6) is -0.0162. The Balaban J connectivity index is 1.94. The Morgan fingerprint density at radius 3 is 2.70 bits per heavy atom. The van der Waals surface area contributed by atoms with Crippen molar-refractivity contribution < 1.29 is 4.79 Å². The average molecular weight is 265 g/mol. The van der Waals surface area contributed by atoms with E-state index in [2.05, 4.69) is 34.6 Å². The van der Waals surface area contributed by atoms with Gasteiger partial charge in [0.25, 0.3) is 0 Å². The normalized spacial score (nSPS) is 14.7. The molecule has 1 aliphatic rings. The first-order valence-corrected chi connectivity index (χ1v) is 6.61. The van der Waals surface area contributed by atoms with Crippen LogP contribution in [0.5, 0.6) is 0 Å². The third-order valence-corrected chi connectivity index (χ3v) is 3.44. The van der Waals surface area contributed by atoms with Crippen LogP contribution in [0, 0.1) is 6.92 Å². The molecule has 100 valence electrons.